The molecule has 0 bridgehead atoms. The molecule has 0 saturated carbocycles. The molecule has 0 saturated heterocycles. The van der Waals surface area contributed by atoms with E-state index in [-0.39, 0.29) is 0 Å². The van der Waals surface area contributed by atoms with Gasteiger partial charge in [-0.05, 0) is 6.92 Å². The van der Waals surface area contributed by atoms with Crippen molar-refractivity contribution in [2.45, 2.75) is 25.7 Å². The van der Waals surface area contributed by atoms with Crippen molar-refractivity contribution < 1.29 is 19.0 Å². The Morgan fingerprint density at radius 2 is 1.77 bits per heavy atom. The van der Waals surface area contributed by atoms with Crippen LogP contribution in [0, 0.1) is 20.2 Å². The van der Waals surface area contributed by atoms with Gasteiger partial charge in [-0.15, -0.1) is 0 Å². The van der Waals surface area contributed by atoms with Crippen LogP contribution in [-0.2, 0) is 4.79 Å². The van der Waals surface area contributed by atoms with Crippen molar-refractivity contribution in [3.63, 3.8) is 0 Å². The summed E-state index contributed by atoms with van der Waals surface area (Å²) in [4.78, 5) is 26.9. The van der Waals surface area contributed by atoms with E-state index in [1.807, 2.05) is 0 Å². The van der Waals surface area contributed by atoms with Gasteiger partial charge in [0.05, 0.1) is 0 Å². The van der Waals surface area contributed by atoms with Gasteiger partial charge in [0.25, 0.3) is 0 Å². The average molecular weight is 194 g/mol. The van der Waals surface area contributed by atoms with Gasteiger partial charge in [0.2, 0.25) is 0 Å². The summed E-state index contributed by atoms with van der Waals surface area (Å²) in [5.74, 6) is -4.28. The minimum Gasteiger partial charge on any atom is -0.300 e. The van der Waals surface area contributed by atoms with Crippen molar-refractivity contribution in [1.82, 2.24) is 0 Å². The fraction of sp³-hybridized carbons (Fsp3) is 0.800. The van der Waals surface area contributed by atoms with Crippen LogP contribution in [0.25, 0.3) is 0 Å². The van der Waals surface area contributed by atoms with Gasteiger partial charge in [-0.2, -0.15) is 0 Å². The van der Waals surface area contributed by atoms with Gasteiger partial charge in [-0.3, -0.25) is 20.2 Å². The number of ketones is 1. The Balaban J connectivity index is 4.52. The molecule has 0 aromatic carbocycles. The Morgan fingerprint density at radius 3 is 2.00 bits per heavy atom. The molecule has 0 amide bonds. The van der Waals surface area contributed by atoms with Crippen molar-refractivity contribution in [3.8, 4) is 0 Å². The van der Waals surface area contributed by atoms with Crippen LogP contribution >= 0.6 is 0 Å². The highest BCUT2D eigenvalue weighted by Crippen LogP contribution is 2.19. The lowest BCUT2D eigenvalue weighted by Gasteiger charge is -2.05. The number of Topliss-reactive ketones (excluding diaryl/α,β-unsaturated/α-hetero) is 1. The maximum Gasteiger partial charge on any atom is 0.614 e. The van der Waals surface area contributed by atoms with E-state index >= 15 is 0 Å². The van der Waals surface area contributed by atoms with Crippen molar-refractivity contribution >= 4 is 5.78 Å². The standard InChI is InChI=1S/C5H7FN2O5/c1-4(9)2-3-5(6,7(10)11)8(12)13/h2-3H2,1H3. The highest BCUT2D eigenvalue weighted by Gasteiger charge is 2.57. The van der Waals surface area contributed by atoms with Gasteiger partial charge in [-0.1, -0.05) is 4.39 Å². The monoisotopic (exact) mass is 194 g/mol. The molecule has 0 aromatic heterocycles. The van der Waals surface area contributed by atoms with E-state index in [0.717, 1.165) is 6.92 Å². The van der Waals surface area contributed by atoms with Gasteiger partial charge >= 0.3 is 5.92 Å². The quantitative estimate of drug-likeness (QED) is 0.275. The highest BCUT2D eigenvalue weighted by atomic mass is 19.2. The molecule has 0 fully saturated rings. The second-order valence-corrected chi connectivity index (χ2v) is 2.44. The molecule has 0 atom stereocenters. The third-order valence-corrected chi connectivity index (χ3v) is 1.35. The fourth-order valence-electron chi connectivity index (χ4n) is 0.584. The van der Waals surface area contributed by atoms with Crippen LogP contribution in [-0.4, -0.2) is 21.5 Å². The number of hydrogen-bond acceptors (Lipinski definition) is 5. The van der Waals surface area contributed by atoms with Crippen LogP contribution in [0.5, 0.6) is 0 Å². The van der Waals surface area contributed by atoms with Crippen LogP contribution in [0.15, 0.2) is 0 Å². The summed E-state index contributed by atoms with van der Waals surface area (Å²) in [7, 11) is 0. The number of halogens is 1. The lowest BCUT2D eigenvalue weighted by molar-refractivity contribution is -0.832. The SMILES string of the molecule is CC(=O)CCC(F)([N+](=O)[O-])[N+](=O)[O-]. The van der Waals surface area contributed by atoms with Gasteiger partial charge in [-0.25, -0.2) is 0 Å². The number of nitrogens with zero attached hydrogens (tertiary/aromatic N) is 2. The predicted molar refractivity (Wildman–Crippen MR) is 37.7 cm³/mol. The Bertz CT molecular complexity index is 239. The first-order valence-corrected chi connectivity index (χ1v) is 3.28. The van der Waals surface area contributed by atoms with Crippen molar-refractivity contribution in [2.24, 2.45) is 0 Å². The lowest BCUT2D eigenvalue weighted by Crippen LogP contribution is -2.41. The zero-order chi connectivity index (χ0) is 10.6. The van der Waals surface area contributed by atoms with Gasteiger partial charge < -0.3 is 4.79 Å². The fourth-order valence-corrected chi connectivity index (χ4v) is 0.584. The number of alkyl halides is 1. The molecule has 0 N–H and O–H groups in total. The van der Waals surface area contributed by atoms with Crippen molar-refractivity contribution in [1.29, 1.82) is 0 Å². The van der Waals surface area contributed by atoms with Crippen LogP contribution in [0.2, 0.25) is 0 Å². The molecule has 0 aliphatic heterocycles. The summed E-state index contributed by atoms with van der Waals surface area (Å²) >= 11 is 0. The number of carbonyl (C=O) groups excluding carboxylic acids is 1. The van der Waals surface area contributed by atoms with E-state index in [2.05, 4.69) is 0 Å². The zero-order valence-corrected chi connectivity index (χ0v) is 6.73. The molecule has 0 radical (unpaired) electrons. The molecule has 0 rings (SSSR count). The number of nitro groups is 2. The van der Waals surface area contributed by atoms with E-state index in [1.165, 1.54) is 0 Å². The molecular formula is C5H7FN2O5. The van der Waals surface area contributed by atoms with E-state index in [9.17, 15) is 29.4 Å². The first-order chi connectivity index (χ1) is 5.80. The molecule has 13 heavy (non-hydrogen) atoms. The van der Waals surface area contributed by atoms with E-state index in [4.69, 9.17) is 0 Å². The molecule has 7 nitrogen and oxygen atoms in total. The summed E-state index contributed by atoms with van der Waals surface area (Å²) in [5.41, 5.74) is 0. The van der Waals surface area contributed by atoms with Crippen molar-refractivity contribution in [3.05, 3.63) is 20.2 Å². The molecule has 0 aliphatic carbocycles. The Morgan fingerprint density at radius 1 is 1.38 bits per heavy atom. The van der Waals surface area contributed by atoms with Gasteiger partial charge in [0.15, 0.2) is 0 Å². The molecular weight excluding hydrogens is 187 g/mol. The predicted octanol–water partition coefficient (Wildman–Crippen LogP) is 0.532. The van der Waals surface area contributed by atoms with Crippen LogP contribution in [0.3, 0.4) is 0 Å². The number of hydrogen-bond donors (Lipinski definition) is 0. The molecule has 0 aliphatic rings. The Hall–Kier alpha value is -1.60. The van der Waals surface area contributed by atoms with Crippen LogP contribution < -0.4 is 0 Å². The largest absolute Gasteiger partial charge is 0.614 e. The Labute approximate surface area is 71.8 Å². The molecule has 0 heterocycles. The molecule has 0 unspecified atom stereocenters. The summed E-state index contributed by atoms with van der Waals surface area (Å²) in [6.07, 6.45) is -1.57. The zero-order valence-electron chi connectivity index (χ0n) is 6.73. The van der Waals surface area contributed by atoms with Crippen LogP contribution in [0.1, 0.15) is 19.8 Å². The Kier molecular flexibility index (Phi) is 3.40. The normalized spacial score (nSPS) is 10.9. The second kappa shape index (κ2) is 3.87. The summed E-state index contributed by atoms with van der Waals surface area (Å²) in [6.45, 7) is 1.07. The molecule has 74 valence electrons. The third-order valence-electron chi connectivity index (χ3n) is 1.35. The van der Waals surface area contributed by atoms with E-state index in [0.29, 0.717) is 0 Å². The maximum atomic E-state index is 12.8. The van der Waals surface area contributed by atoms with Gasteiger partial charge in [0.1, 0.15) is 22.1 Å². The number of carbonyl (C=O) groups is 1. The van der Waals surface area contributed by atoms with Crippen molar-refractivity contribution in [2.75, 3.05) is 0 Å². The first-order valence-electron chi connectivity index (χ1n) is 3.28. The lowest BCUT2D eigenvalue weighted by atomic mass is 10.2. The summed E-state index contributed by atoms with van der Waals surface area (Å²) in [6, 6.07) is 0. The topological polar surface area (TPSA) is 103 Å². The summed E-state index contributed by atoms with van der Waals surface area (Å²) in [5, 5.41) is 19.9. The minimum absolute atomic E-state index is 0.529. The third kappa shape index (κ3) is 2.73. The number of rotatable bonds is 5. The average Bonchev–Trinajstić information content (AvgIpc) is 1.99. The second-order valence-electron chi connectivity index (χ2n) is 2.44. The molecule has 0 spiro atoms. The van der Waals surface area contributed by atoms with Gasteiger partial charge in [0, 0.05) is 6.42 Å². The molecule has 8 heteroatoms. The van der Waals surface area contributed by atoms with E-state index in [1.54, 1.807) is 0 Å². The maximum absolute atomic E-state index is 12.8. The van der Waals surface area contributed by atoms with Crippen LogP contribution in [0.4, 0.5) is 4.39 Å². The van der Waals surface area contributed by atoms with E-state index < -0.39 is 34.4 Å². The first kappa shape index (κ1) is 11.4. The minimum atomic E-state index is -3.74. The summed E-state index contributed by atoms with van der Waals surface area (Å²) < 4.78 is 12.8. The highest BCUT2D eigenvalue weighted by molar-refractivity contribution is 5.75. The smallest absolute Gasteiger partial charge is 0.300 e. The molecule has 0 aromatic rings.